The van der Waals surface area contributed by atoms with Gasteiger partial charge in [0.1, 0.15) is 5.75 Å². The highest BCUT2D eigenvalue weighted by atomic mass is 35.5. The number of hydrogen-bond donors (Lipinski definition) is 2. The van der Waals surface area contributed by atoms with Gasteiger partial charge in [0.25, 0.3) is 0 Å². The maximum absolute atomic E-state index is 12.8. The van der Waals surface area contributed by atoms with Crippen LogP contribution in [0.4, 0.5) is 23.7 Å². The molecule has 190 valence electrons. The molecule has 0 aliphatic heterocycles. The number of benzene rings is 3. The van der Waals surface area contributed by atoms with Crippen molar-refractivity contribution in [1.82, 2.24) is 5.32 Å². The number of nitrogens with one attached hydrogen (secondary N) is 2. The zero-order valence-corrected chi connectivity index (χ0v) is 20.3. The molecule has 0 fully saturated rings. The first-order valence-electron chi connectivity index (χ1n) is 11.0. The van der Waals surface area contributed by atoms with Gasteiger partial charge in [-0.15, -0.1) is 13.2 Å². The summed E-state index contributed by atoms with van der Waals surface area (Å²) in [5.74, 6) is -0.680. The van der Waals surface area contributed by atoms with Crippen LogP contribution in [0, 0.1) is 6.92 Å². The van der Waals surface area contributed by atoms with Crippen molar-refractivity contribution in [2.24, 2.45) is 0 Å². The molecule has 0 saturated heterocycles. The number of alkyl halides is 3. The number of anilines is 1. The Kier molecular flexibility index (Phi) is 8.82. The molecule has 0 bridgehead atoms. The smallest absolute Gasteiger partial charge is 0.466 e. The second-order valence-electron chi connectivity index (χ2n) is 7.80. The zero-order chi connectivity index (χ0) is 26.3. The standard InChI is InChI=1S/C26H24ClF3N2O4/c1-3-35-23(33)13-17-8-10-18(11-9-17)15-31-25(34)32-19-12-16(2)24(21(27)14-19)20-6-4-5-7-22(20)36-26(28,29)30/h4-12,14H,3,13,15H2,1-2H3,(H2,31,32,34). The number of hydrogen-bond acceptors (Lipinski definition) is 4. The van der Waals surface area contributed by atoms with Crippen molar-refractivity contribution >= 4 is 29.3 Å². The van der Waals surface area contributed by atoms with Gasteiger partial charge < -0.3 is 20.1 Å². The molecule has 0 atom stereocenters. The lowest BCUT2D eigenvalue weighted by atomic mass is 9.99. The van der Waals surface area contributed by atoms with Crippen LogP contribution in [-0.4, -0.2) is 25.0 Å². The Morgan fingerprint density at radius 1 is 1.00 bits per heavy atom. The topological polar surface area (TPSA) is 76.7 Å². The molecule has 0 aromatic heterocycles. The fraction of sp³-hybridized carbons (Fsp3) is 0.231. The second kappa shape index (κ2) is 11.8. The van der Waals surface area contributed by atoms with Crippen LogP contribution < -0.4 is 15.4 Å². The molecule has 0 radical (unpaired) electrons. The lowest BCUT2D eigenvalue weighted by Crippen LogP contribution is -2.28. The lowest BCUT2D eigenvalue weighted by Gasteiger charge is -2.17. The van der Waals surface area contributed by atoms with Gasteiger partial charge in [-0.2, -0.15) is 0 Å². The van der Waals surface area contributed by atoms with Crippen molar-refractivity contribution in [1.29, 1.82) is 0 Å². The van der Waals surface area contributed by atoms with E-state index in [0.717, 1.165) is 11.1 Å². The van der Waals surface area contributed by atoms with E-state index >= 15 is 0 Å². The van der Waals surface area contributed by atoms with Crippen LogP contribution in [0.3, 0.4) is 0 Å². The summed E-state index contributed by atoms with van der Waals surface area (Å²) in [4.78, 5) is 23.9. The maximum Gasteiger partial charge on any atom is 0.573 e. The molecule has 2 N–H and O–H groups in total. The highest BCUT2D eigenvalue weighted by Crippen LogP contribution is 2.40. The van der Waals surface area contributed by atoms with Crippen molar-refractivity contribution in [2.45, 2.75) is 33.2 Å². The lowest BCUT2D eigenvalue weighted by molar-refractivity contribution is -0.274. The molecule has 0 heterocycles. The first-order chi connectivity index (χ1) is 17.1. The molecular weight excluding hydrogens is 497 g/mol. The average Bonchev–Trinajstić information content (AvgIpc) is 2.78. The first-order valence-corrected chi connectivity index (χ1v) is 11.4. The number of para-hydroxylation sites is 1. The number of aryl methyl sites for hydroxylation is 1. The quantitative estimate of drug-likeness (QED) is 0.326. The van der Waals surface area contributed by atoms with Crippen LogP contribution >= 0.6 is 11.6 Å². The molecule has 0 aliphatic carbocycles. The number of esters is 1. The van der Waals surface area contributed by atoms with Crippen molar-refractivity contribution in [2.75, 3.05) is 11.9 Å². The molecule has 10 heteroatoms. The maximum atomic E-state index is 12.8. The summed E-state index contributed by atoms with van der Waals surface area (Å²) in [5, 5.41) is 5.54. The van der Waals surface area contributed by atoms with E-state index in [2.05, 4.69) is 15.4 Å². The molecule has 2 amide bonds. The number of rotatable bonds is 8. The summed E-state index contributed by atoms with van der Waals surface area (Å²) >= 11 is 6.40. The minimum atomic E-state index is -4.85. The molecule has 0 aliphatic rings. The molecule has 3 aromatic carbocycles. The van der Waals surface area contributed by atoms with Crippen LogP contribution in [0.1, 0.15) is 23.6 Å². The van der Waals surface area contributed by atoms with Crippen molar-refractivity contribution in [3.8, 4) is 16.9 Å². The van der Waals surface area contributed by atoms with Crippen molar-refractivity contribution in [3.05, 3.63) is 82.4 Å². The van der Waals surface area contributed by atoms with Crippen LogP contribution in [0.2, 0.25) is 5.02 Å². The number of amides is 2. The molecule has 6 nitrogen and oxygen atoms in total. The van der Waals surface area contributed by atoms with Gasteiger partial charge in [0, 0.05) is 23.4 Å². The van der Waals surface area contributed by atoms with E-state index in [4.69, 9.17) is 16.3 Å². The molecule has 0 unspecified atom stereocenters. The van der Waals surface area contributed by atoms with Crippen molar-refractivity contribution in [3.63, 3.8) is 0 Å². The largest absolute Gasteiger partial charge is 0.573 e. The summed E-state index contributed by atoms with van der Waals surface area (Å²) in [5.41, 5.74) is 3.09. The zero-order valence-electron chi connectivity index (χ0n) is 19.5. The monoisotopic (exact) mass is 520 g/mol. The Labute approximate surface area is 211 Å². The van der Waals surface area contributed by atoms with E-state index in [-0.39, 0.29) is 35.3 Å². The Morgan fingerprint density at radius 3 is 2.31 bits per heavy atom. The van der Waals surface area contributed by atoms with E-state index in [1.807, 2.05) is 0 Å². The van der Waals surface area contributed by atoms with Crippen LogP contribution in [-0.2, 0) is 22.5 Å². The summed E-state index contributed by atoms with van der Waals surface area (Å²) in [7, 11) is 0. The Morgan fingerprint density at radius 2 is 1.67 bits per heavy atom. The van der Waals surface area contributed by atoms with Gasteiger partial charge in [-0.3, -0.25) is 4.79 Å². The van der Waals surface area contributed by atoms with Crippen molar-refractivity contribution < 1.29 is 32.2 Å². The Bertz CT molecular complexity index is 1210. The van der Waals surface area contributed by atoms with Gasteiger partial charge in [-0.05, 0) is 48.7 Å². The van der Waals surface area contributed by atoms with E-state index < -0.39 is 12.4 Å². The van der Waals surface area contributed by atoms with Gasteiger partial charge in [0.15, 0.2) is 0 Å². The second-order valence-corrected chi connectivity index (χ2v) is 8.21. The normalized spacial score (nSPS) is 11.1. The van der Waals surface area contributed by atoms with Gasteiger partial charge in [0.2, 0.25) is 0 Å². The van der Waals surface area contributed by atoms with E-state index in [1.54, 1.807) is 50.2 Å². The highest BCUT2D eigenvalue weighted by molar-refractivity contribution is 6.34. The third kappa shape index (κ3) is 7.64. The number of ether oxygens (including phenoxy) is 2. The third-order valence-corrected chi connectivity index (χ3v) is 5.36. The molecule has 36 heavy (non-hydrogen) atoms. The number of carbonyl (C=O) groups is 2. The molecule has 0 saturated carbocycles. The summed E-state index contributed by atoms with van der Waals surface area (Å²) < 4.78 is 47.5. The van der Waals surface area contributed by atoms with E-state index in [0.29, 0.717) is 23.4 Å². The fourth-order valence-electron chi connectivity index (χ4n) is 3.56. The number of urea groups is 1. The van der Waals surface area contributed by atoms with Gasteiger partial charge in [-0.1, -0.05) is 54.1 Å². The van der Waals surface area contributed by atoms with Crippen LogP contribution in [0.15, 0.2) is 60.7 Å². The van der Waals surface area contributed by atoms with Gasteiger partial charge >= 0.3 is 18.4 Å². The summed E-state index contributed by atoms with van der Waals surface area (Å²) in [6, 6.07) is 15.4. The Hall–Kier alpha value is -3.72. The predicted molar refractivity (Wildman–Crippen MR) is 131 cm³/mol. The van der Waals surface area contributed by atoms with Crippen LogP contribution in [0.5, 0.6) is 5.75 Å². The number of halogens is 4. The number of carbonyl (C=O) groups excluding carboxylic acids is 2. The molecule has 3 aromatic rings. The third-order valence-electron chi connectivity index (χ3n) is 5.06. The van der Waals surface area contributed by atoms with Gasteiger partial charge in [0.05, 0.1) is 18.1 Å². The molecule has 3 rings (SSSR count). The van der Waals surface area contributed by atoms with Crippen LogP contribution in [0.25, 0.3) is 11.1 Å². The SMILES string of the molecule is CCOC(=O)Cc1ccc(CNC(=O)Nc2cc(C)c(-c3ccccc3OC(F)(F)F)c(Cl)c2)cc1. The van der Waals surface area contributed by atoms with E-state index in [9.17, 15) is 22.8 Å². The molecular formula is C26H24ClF3N2O4. The Balaban J connectivity index is 1.65. The highest BCUT2D eigenvalue weighted by Gasteiger charge is 2.32. The van der Waals surface area contributed by atoms with Gasteiger partial charge in [-0.25, -0.2) is 4.79 Å². The van der Waals surface area contributed by atoms with E-state index in [1.165, 1.54) is 24.3 Å². The average molecular weight is 521 g/mol. The predicted octanol–water partition coefficient (Wildman–Crippen LogP) is 6.64. The molecule has 0 spiro atoms. The fourth-order valence-corrected chi connectivity index (χ4v) is 3.92. The summed E-state index contributed by atoms with van der Waals surface area (Å²) in [6.07, 6.45) is -4.68. The minimum absolute atomic E-state index is 0.153. The first kappa shape index (κ1) is 26.9. The summed E-state index contributed by atoms with van der Waals surface area (Å²) in [6.45, 7) is 3.97. The minimum Gasteiger partial charge on any atom is -0.466 e.